The molecule has 0 saturated carbocycles. The maximum absolute atomic E-state index is 12.7. The van der Waals surface area contributed by atoms with E-state index in [1.54, 1.807) is 72.8 Å². The van der Waals surface area contributed by atoms with Crippen molar-refractivity contribution in [2.24, 2.45) is 0 Å². The molecule has 0 amide bonds. The highest BCUT2D eigenvalue weighted by Gasteiger charge is 2.47. The van der Waals surface area contributed by atoms with Crippen molar-refractivity contribution in [3.63, 3.8) is 0 Å². The van der Waals surface area contributed by atoms with Crippen molar-refractivity contribution in [1.82, 2.24) is 0 Å². The van der Waals surface area contributed by atoms with Gasteiger partial charge >= 0.3 is 0 Å². The summed E-state index contributed by atoms with van der Waals surface area (Å²) in [5.41, 5.74) is 7.00. The van der Waals surface area contributed by atoms with Crippen molar-refractivity contribution in [3.8, 4) is 80.1 Å². The molecule has 0 aromatic heterocycles. The van der Waals surface area contributed by atoms with E-state index in [9.17, 15) is 51.1 Å². The van der Waals surface area contributed by atoms with Crippen LogP contribution >= 0.6 is 0 Å². The summed E-state index contributed by atoms with van der Waals surface area (Å²) in [7, 11) is 0. The summed E-state index contributed by atoms with van der Waals surface area (Å²) in [6, 6.07) is 34.2. The van der Waals surface area contributed by atoms with Gasteiger partial charge in [-0.2, -0.15) is 0 Å². The Hall–Kier alpha value is -9.16. The predicted octanol–water partition coefficient (Wildman–Crippen LogP) is 10.7. The molecule has 334 valence electrons. The standard InChI is InChI=1S/C56H38O12/c57-29-9-1-25(2-10-29)35-21-39-49(43(65)23-45-51(39)53(37-17-33(61)19-41(63)47(35)37)55(67-45)27-5-13-31(59)14-6-27)50-40-22-36(26-3-11-30(58)12-4-26)48-38(18-34(62)20-42(48)64)54-52(40)46(24-44(50)66)68-56(54)28-7-15-32(60)16-8-28/h1-24,53-66H. The van der Waals surface area contributed by atoms with Crippen LogP contribution in [0.3, 0.4) is 0 Å². The molecule has 12 rings (SSSR count). The van der Waals surface area contributed by atoms with Crippen LogP contribution in [0.2, 0.25) is 0 Å². The van der Waals surface area contributed by atoms with Crippen LogP contribution in [0.25, 0.3) is 34.4 Å². The Morgan fingerprint density at radius 2 is 0.647 bits per heavy atom. The van der Waals surface area contributed by atoms with E-state index in [2.05, 4.69) is 0 Å². The molecule has 2 aliphatic carbocycles. The fraction of sp³-hybridized carbons (Fsp3) is 0.0714. The van der Waals surface area contributed by atoms with Crippen LogP contribution in [0.15, 0.2) is 133 Å². The normalized spacial score (nSPS) is 18.1. The molecule has 2 heterocycles. The van der Waals surface area contributed by atoms with Crippen molar-refractivity contribution < 1.29 is 60.5 Å². The smallest absolute Gasteiger partial charge is 0.135 e. The Labute approximate surface area is 387 Å². The SMILES string of the molecule is Oc1ccc(C2=Cc3c(-c4c(O)cc5c6c4C=C(c4ccc(O)cc4)c4c(O)cc(O)cc4C6C(c4ccc(O)cc4)O5)c(O)cc4c3C(c3cc(O)cc(O)c32)C(c2ccc(O)cc2)O4)cc1. The highest BCUT2D eigenvalue weighted by molar-refractivity contribution is 6.06. The van der Waals surface area contributed by atoms with Crippen molar-refractivity contribution >= 4 is 23.3 Å². The second-order valence-electron chi connectivity index (χ2n) is 17.5. The van der Waals surface area contributed by atoms with Crippen LogP contribution in [0.1, 0.15) is 90.8 Å². The Morgan fingerprint density at radius 1 is 0.324 bits per heavy atom. The number of rotatable bonds is 5. The second kappa shape index (κ2) is 14.7. The third-order valence-corrected chi connectivity index (χ3v) is 13.5. The quantitative estimate of drug-likeness (QED) is 0.0780. The summed E-state index contributed by atoms with van der Waals surface area (Å²) < 4.78 is 13.5. The average Bonchev–Trinajstić information content (AvgIpc) is 3.78. The summed E-state index contributed by atoms with van der Waals surface area (Å²) in [6.07, 6.45) is 1.89. The molecular formula is C56H38O12. The number of hydrogen-bond donors (Lipinski definition) is 10. The van der Waals surface area contributed by atoms with E-state index in [4.69, 9.17) is 9.47 Å². The molecule has 4 atom stereocenters. The topological polar surface area (TPSA) is 221 Å². The van der Waals surface area contributed by atoms with E-state index < -0.39 is 24.0 Å². The molecule has 12 heteroatoms. The van der Waals surface area contributed by atoms with Gasteiger partial charge in [0.05, 0.1) is 11.8 Å². The first-order chi connectivity index (χ1) is 32.8. The molecule has 2 aliphatic heterocycles. The molecule has 0 bridgehead atoms. The summed E-state index contributed by atoms with van der Waals surface area (Å²) in [5.74, 6) is -2.57. The molecule has 0 spiro atoms. The molecule has 8 aromatic carbocycles. The molecule has 0 radical (unpaired) electrons. The highest BCUT2D eigenvalue weighted by atomic mass is 16.5. The Bertz CT molecular complexity index is 3270. The third kappa shape index (κ3) is 6.07. The highest BCUT2D eigenvalue weighted by Crippen LogP contribution is 2.64. The molecule has 4 aliphatic rings. The predicted molar refractivity (Wildman–Crippen MR) is 252 cm³/mol. The average molecular weight is 903 g/mol. The monoisotopic (exact) mass is 902 g/mol. The maximum atomic E-state index is 12.7. The van der Waals surface area contributed by atoms with E-state index in [0.29, 0.717) is 77.9 Å². The lowest BCUT2D eigenvalue weighted by Crippen LogP contribution is -2.13. The van der Waals surface area contributed by atoms with Gasteiger partial charge in [0.2, 0.25) is 0 Å². The first kappa shape index (κ1) is 40.4. The van der Waals surface area contributed by atoms with E-state index in [-0.39, 0.29) is 80.1 Å². The van der Waals surface area contributed by atoms with E-state index in [1.807, 2.05) is 0 Å². The van der Waals surface area contributed by atoms with Gasteiger partial charge < -0.3 is 60.5 Å². The van der Waals surface area contributed by atoms with Gasteiger partial charge in [-0.3, -0.25) is 0 Å². The molecule has 10 N–H and O–H groups in total. The summed E-state index contributed by atoms with van der Waals surface area (Å²) in [4.78, 5) is 0. The number of fused-ring (bicyclic) bond motifs is 4. The van der Waals surface area contributed by atoms with Gasteiger partial charge in [0.15, 0.2) is 0 Å². The van der Waals surface area contributed by atoms with Gasteiger partial charge in [-0.15, -0.1) is 0 Å². The molecular weight excluding hydrogens is 865 g/mol. The van der Waals surface area contributed by atoms with E-state index in [1.165, 1.54) is 72.8 Å². The Balaban J connectivity index is 1.22. The Morgan fingerprint density at radius 3 is 1.00 bits per heavy atom. The van der Waals surface area contributed by atoms with Crippen LogP contribution in [0.5, 0.6) is 69.0 Å². The number of ether oxygens (including phenoxy) is 2. The fourth-order valence-corrected chi connectivity index (χ4v) is 10.7. The van der Waals surface area contributed by atoms with Gasteiger partial charge in [-0.1, -0.05) is 48.5 Å². The van der Waals surface area contributed by atoms with Crippen LogP contribution in [0.4, 0.5) is 0 Å². The molecule has 68 heavy (non-hydrogen) atoms. The Kier molecular flexibility index (Phi) is 8.71. The first-order valence-corrected chi connectivity index (χ1v) is 21.7. The van der Waals surface area contributed by atoms with Crippen molar-refractivity contribution in [2.75, 3.05) is 0 Å². The lowest BCUT2D eigenvalue weighted by molar-refractivity contribution is 0.221. The number of phenolic OH excluding ortho intramolecular Hbond substituents is 10. The molecule has 12 nitrogen and oxygen atoms in total. The minimum Gasteiger partial charge on any atom is -0.508 e. The zero-order chi connectivity index (χ0) is 46.9. The summed E-state index contributed by atoms with van der Waals surface area (Å²) >= 11 is 0. The fourth-order valence-electron chi connectivity index (χ4n) is 10.7. The number of aromatic hydroxyl groups is 10. The van der Waals surface area contributed by atoms with Gasteiger partial charge in [0.25, 0.3) is 0 Å². The van der Waals surface area contributed by atoms with Gasteiger partial charge in [-0.05, 0) is 128 Å². The number of hydrogen-bond acceptors (Lipinski definition) is 12. The summed E-state index contributed by atoms with van der Waals surface area (Å²) in [5, 5.41) is 113. The van der Waals surface area contributed by atoms with Gasteiger partial charge in [0.1, 0.15) is 81.2 Å². The molecule has 8 aromatic rings. The maximum Gasteiger partial charge on any atom is 0.135 e. The number of phenols is 10. The zero-order valence-electron chi connectivity index (χ0n) is 35.5. The minimum atomic E-state index is -0.836. The molecule has 0 fully saturated rings. The molecule has 0 saturated heterocycles. The zero-order valence-corrected chi connectivity index (χ0v) is 35.5. The lowest BCUT2D eigenvalue weighted by atomic mass is 9.78. The first-order valence-electron chi connectivity index (χ1n) is 21.7. The van der Waals surface area contributed by atoms with Crippen molar-refractivity contribution in [2.45, 2.75) is 24.0 Å². The number of benzene rings is 8. The van der Waals surface area contributed by atoms with Crippen molar-refractivity contribution in [3.05, 3.63) is 200 Å². The third-order valence-electron chi connectivity index (χ3n) is 13.5. The van der Waals surface area contributed by atoms with Crippen molar-refractivity contribution in [1.29, 1.82) is 0 Å². The minimum absolute atomic E-state index is 0.00360. The van der Waals surface area contributed by atoms with E-state index in [0.717, 1.165) is 0 Å². The van der Waals surface area contributed by atoms with Crippen LogP contribution in [-0.2, 0) is 0 Å². The molecule has 4 unspecified atom stereocenters. The summed E-state index contributed by atoms with van der Waals surface area (Å²) in [6.45, 7) is 0. The van der Waals surface area contributed by atoms with Gasteiger partial charge in [0, 0.05) is 57.6 Å². The van der Waals surface area contributed by atoms with Crippen LogP contribution in [0, 0.1) is 0 Å². The largest absolute Gasteiger partial charge is 0.508 e. The lowest BCUT2D eigenvalue weighted by Gasteiger charge is -2.24. The van der Waals surface area contributed by atoms with E-state index >= 15 is 0 Å². The van der Waals surface area contributed by atoms with Crippen LogP contribution < -0.4 is 9.47 Å². The van der Waals surface area contributed by atoms with Crippen LogP contribution in [-0.4, -0.2) is 51.1 Å². The second-order valence-corrected chi connectivity index (χ2v) is 17.5. The van der Waals surface area contributed by atoms with Gasteiger partial charge in [-0.25, -0.2) is 0 Å².